The number of fused-ring (bicyclic) bond motifs is 1. The molecule has 8 heteroatoms. The number of hydroxylamine groups is 1. The van der Waals surface area contributed by atoms with Gasteiger partial charge in [-0.05, 0) is 43.5 Å². The summed E-state index contributed by atoms with van der Waals surface area (Å²) in [6.07, 6.45) is 8.61. The number of aryl methyl sites for hydroxylation is 1. The summed E-state index contributed by atoms with van der Waals surface area (Å²) in [4.78, 5) is 30.2. The maximum absolute atomic E-state index is 13.6. The van der Waals surface area contributed by atoms with Gasteiger partial charge in [0.05, 0.1) is 24.1 Å². The summed E-state index contributed by atoms with van der Waals surface area (Å²) in [6, 6.07) is 9.82. The minimum absolute atomic E-state index is 0.0393. The number of nitrogens with one attached hydrogen (secondary N) is 2. The highest BCUT2D eigenvalue weighted by Gasteiger charge is 2.43. The minimum Gasteiger partial charge on any atom is -0.381 e. The third-order valence-corrected chi connectivity index (χ3v) is 6.29. The Morgan fingerprint density at radius 2 is 2.00 bits per heavy atom. The second-order valence-corrected chi connectivity index (χ2v) is 8.67. The Morgan fingerprint density at radius 1 is 1.21 bits per heavy atom. The zero-order valence-electron chi connectivity index (χ0n) is 18.7. The predicted molar refractivity (Wildman–Crippen MR) is 122 cm³/mol. The Balaban J connectivity index is 1.59. The molecule has 4 rings (SSSR count). The minimum atomic E-state index is -1.21. The first-order valence-corrected chi connectivity index (χ1v) is 11.1. The molecule has 1 saturated heterocycles. The molecule has 174 valence electrons. The first-order chi connectivity index (χ1) is 16.0. The number of amides is 2. The van der Waals surface area contributed by atoms with Gasteiger partial charge < -0.3 is 14.8 Å². The van der Waals surface area contributed by atoms with Gasteiger partial charge in [-0.3, -0.25) is 19.8 Å². The predicted octanol–water partition coefficient (Wildman–Crippen LogP) is 2.88. The molecule has 33 heavy (non-hydrogen) atoms. The molecule has 1 unspecified atom stereocenters. The van der Waals surface area contributed by atoms with Crippen LogP contribution in [0.15, 0.2) is 54.6 Å². The molecule has 2 aliphatic rings. The van der Waals surface area contributed by atoms with Crippen molar-refractivity contribution in [3.05, 3.63) is 65.9 Å². The third kappa shape index (κ3) is 5.13. The molecule has 1 aliphatic carbocycles. The number of carbonyl (C=O) groups is 2. The molecule has 0 radical (unpaired) electrons. The largest absolute Gasteiger partial charge is 0.381 e. The lowest BCUT2D eigenvalue weighted by atomic mass is 9.84. The summed E-state index contributed by atoms with van der Waals surface area (Å²) in [5.74, 6) is -0.865. The van der Waals surface area contributed by atoms with Crippen LogP contribution in [0.25, 0.3) is 10.9 Å². The van der Waals surface area contributed by atoms with Crippen molar-refractivity contribution in [3.8, 4) is 0 Å². The Morgan fingerprint density at radius 3 is 2.73 bits per heavy atom. The first kappa shape index (κ1) is 23.1. The van der Waals surface area contributed by atoms with Crippen molar-refractivity contribution in [1.29, 1.82) is 0 Å². The van der Waals surface area contributed by atoms with E-state index in [2.05, 4.69) is 10.3 Å². The maximum Gasteiger partial charge on any atom is 0.257 e. The summed E-state index contributed by atoms with van der Waals surface area (Å²) >= 11 is 0. The van der Waals surface area contributed by atoms with Crippen LogP contribution in [0.4, 0.5) is 0 Å². The van der Waals surface area contributed by atoms with Gasteiger partial charge in [-0.15, -0.1) is 0 Å². The van der Waals surface area contributed by atoms with Gasteiger partial charge >= 0.3 is 0 Å². The number of aromatic nitrogens is 1. The SMILES string of the molecule is Cc1cc(COC2(C(=O)NC3(CC(=O)NO)CCOCC3)C=CC=CC2)c2ccccc2n1. The van der Waals surface area contributed by atoms with E-state index in [0.717, 1.165) is 22.2 Å². The van der Waals surface area contributed by atoms with E-state index in [9.17, 15) is 9.59 Å². The number of benzene rings is 1. The number of para-hydroxylation sites is 1. The lowest BCUT2D eigenvalue weighted by Crippen LogP contribution is -2.60. The summed E-state index contributed by atoms with van der Waals surface area (Å²) in [7, 11) is 0. The maximum atomic E-state index is 13.6. The van der Waals surface area contributed by atoms with Crippen LogP contribution in [0.3, 0.4) is 0 Å². The molecule has 2 aromatic rings. The highest BCUT2D eigenvalue weighted by molar-refractivity contribution is 5.89. The highest BCUT2D eigenvalue weighted by Crippen LogP contribution is 2.31. The fourth-order valence-corrected chi connectivity index (χ4v) is 4.46. The van der Waals surface area contributed by atoms with Crippen LogP contribution in [-0.2, 0) is 25.7 Å². The summed E-state index contributed by atoms with van der Waals surface area (Å²) in [6.45, 7) is 3.00. The van der Waals surface area contributed by atoms with Crippen molar-refractivity contribution >= 4 is 22.7 Å². The molecule has 0 spiro atoms. The lowest BCUT2D eigenvalue weighted by molar-refractivity contribution is -0.146. The van der Waals surface area contributed by atoms with Crippen LogP contribution in [0.1, 0.15) is 36.9 Å². The topological polar surface area (TPSA) is 110 Å². The molecule has 1 aromatic heterocycles. The van der Waals surface area contributed by atoms with Crippen LogP contribution in [0.5, 0.6) is 0 Å². The monoisotopic (exact) mass is 451 g/mol. The smallest absolute Gasteiger partial charge is 0.257 e. The van der Waals surface area contributed by atoms with E-state index in [0.29, 0.717) is 32.5 Å². The van der Waals surface area contributed by atoms with Gasteiger partial charge in [0.2, 0.25) is 5.91 Å². The quantitative estimate of drug-likeness (QED) is 0.441. The normalized spacial score (nSPS) is 21.6. The molecule has 1 aliphatic heterocycles. The number of nitrogens with zero attached hydrogens (tertiary/aromatic N) is 1. The molecule has 3 N–H and O–H groups in total. The number of allylic oxidation sites excluding steroid dienone is 2. The van der Waals surface area contributed by atoms with Crippen molar-refractivity contribution in [2.75, 3.05) is 13.2 Å². The fourth-order valence-electron chi connectivity index (χ4n) is 4.46. The molecule has 2 amide bonds. The average Bonchev–Trinajstić information content (AvgIpc) is 2.83. The van der Waals surface area contributed by atoms with Crippen LogP contribution < -0.4 is 10.8 Å². The fraction of sp³-hybridized carbons (Fsp3) is 0.400. The van der Waals surface area contributed by atoms with Crippen molar-refractivity contribution in [3.63, 3.8) is 0 Å². The van der Waals surface area contributed by atoms with Crippen LogP contribution >= 0.6 is 0 Å². The van der Waals surface area contributed by atoms with Gasteiger partial charge in [0.1, 0.15) is 0 Å². The summed E-state index contributed by atoms with van der Waals surface area (Å²) in [5, 5.41) is 13.1. The van der Waals surface area contributed by atoms with Gasteiger partial charge in [0, 0.05) is 30.7 Å². The van der Waals surface area contributed by atoms with E-state index < -0.39 is 17.0 Å². The molecule has 1 atom stereocenters. The molecule has 0 saturated carbocycles. The second-order valence-electron chi connectivity index (χ2n) is 8.67. The highest BCUT2D eigenvalue weighted by atomic mass is 16.5. The zero-order valence-corrected chi connectivity index (χ0v) is 18.7. The summed E-state index contributed by atoms with van der Waals surface area (Å²) < 4.78 is 11.8. The first-order valence-electron chi connectivity index (χ1n) is 11.1. The van der Waals surface area contributed by atoms with Gasteiger partial charge in [0.25, 0.3) is 5.91 Å². The van der Waals surface area contributed by atoms with Crippen molar-refractivity contribution < 1.29 is 24.3 Å². The van der Waals surface area contributed by atoms with Gasteiger partial charge in [-0.1, -0.05) is 36.4 Å². The Hall–Kier alpha value is -3.07. The summed E-state index contributed by atoms with van der Waals surface area (Å²) in [5.41, 5.74) is 2.36. The van der Waals surface area contributed by atoms with Crippen LogP contribution in [-0.4, -0.2) is 46.4 Å². The van der Waals surface area contributed by atoms with Gasteiger partial charge in [-0.25, -0.2) is 5.48 Å². The van der Waals surface area contributed by atoms with Crippen molar-refractivity contribution in [1.82, 2.24) is 15.8 Å². The Labute approximate surface area is 192 Å². The molecule has 8 nitrogen and oxygen atoms in total. The standard InChI is InChI=1S/C25H29N3O5/c1-18-15-19(20-7-3-4-8-21(20)26-18)17-33-25(9-5-2-6-10-25)23(30)27-24(16-22(29)28-31)11-13-32-14-12-24/h2-9,15,31H,10-14,16-17H2,1H3,(H,27,30)(H,28,29). The third-order valence-electron chi connectivity index (χ3n) is 6.29. The molecule has 2 heterocycles. The number of hydrogen-bond donors (Lipinski definition) is 3. The molecule has 0 bridgehead atoms. The van der Waals surface area contributed by atoms with E-state index in [-0.39, 0.29) is 18.9 Å². The van der Waals surface area contributed by atoms with E-state index in [1.807, 2.05) is 49.4 Å². The Bertz CT molecular complexity index is 1090. The molecular weight excluding hydrogens is 422 g/mol. The molecular formula is C25H29N3O5. The Kier molecular flexibility index (Phi) is 6.88. The van der Waals surface area contributed by atoms with E-state index in [4.69, 9.17) is 14.7 Å². The molecule has 1 fully saturated rings. The van der Waals surface area contributed by atoms with Crippen LogP contribution in [0.2, 0.25) is 0 Å². The van der Waals surface area contributed by atoms with E-state index in [1.165, 1.54) is 0 Å². The lowest BCUT2D eigenvalue weighted by Gasteiger charge is -2.40. The number of ether oxygens (including phenoxy) is 2. The number of carbonyl (C=O) groups excluding carboxylic acids is 2. The van der Waals surface area contributed by atoms with Gasteiger partial charge in [-0.2, -0.15) is 0 Å². The number of pyridine rings is 1. The van der Waals surface area contributed by atoms with Crippen molar-refractivity contribution in [2.45, 2.75) is 50.4 Å². The second kappa shape index (κ2) is 9.82. The number of hydrogen-bond acceptors (Lipinski definition) is 6. The van der Waals surface area contributed by atoms with Gasteiger partial charge in [0.15, 0.2) is 5.60 Å². The average molecular weight is 452 g/mol. The van der Waals surface area contributed by atoms with Crippen LogP contribution in [0, 0.1) is 6.92 Å². The number of rotatable bonds is 7. The molecule has 1 aromatic carbocycles. The van der Waals surface area contributed by atoms with E-state index in [1.54, 1.807) is 17.6 Å². The van der Waals surface area contributed by atoms with Crippen molar-refractivity contribution in [2.24, 2.45) is 0 Å². The zero-order chi connectivity index (χ0) is 23.3. The van der Waals surface area contributed by atoms with E-state index >= 15 is 0 Å².